The fourth-order valence-corrected chi connectivity index (χ4v) is 3.85. The van der Waals surface area contributed by atoms with E-state index in [1.807, 2.05) is 42.2 Å². The lowest BCUT2D eigenvalue weighted by Gasteiger charge is -2.31. The van der Waals surface area contributed by atoms with Gasteiger partial charge in [0.1, 0.15) is 6.33 Å². The average Bonchev–Trinajstić information content (AvgIpc) is 2.78. The van der Waals surface area contributed by atoms with E-state index in [0.717, 1.165) is 16.6 Å². The second-order valence-corrected chi connectivity index (χ2v) is 7.39. The van der Waals surface area contributed by atoms with Gasteiger partial charge in [0, 0.05) is 29.9 Å². The quantitative estimate of drug-likeness (QED) is 0.374. The van der Waals surface area contributed by atoms with Crippen LogP contribution in [0.25, 0.3) is 10.9 Å². The zero-order valence-corrected chi connectivity index (χ0v) is 17.2. The predicted octanol–water partition coefficient (Wildman–Crippen LogP) is 3.37. The number of nitro groups is 1. The lowest BCUT2D eigenvalue weighted by molar-refractivity contribution is -0.383. The van der Waals surface area contributed by atoms with Crippen LogP contribution in [0.3, 0.4) is 0 Å². The molecule has 2 aromatic heterocycles. The highest BCUT2D eigenvalue weighted by Gasteiger charge is 2.32. The normalized spacial score (nSPS) is 14.5. The average molecular weight is 422 g/mol. The van der Waals surface area contributed by atoms with Crippen molar-refractivity contribution in [2.24, 2.45) is 5.92 Å². The highest BCUT2D eigenvalue weighted by atomic mass is 16.6. The minimum atomic E-state index is -0.475. The van der Waals surface area contributed by atoms with E-state index in [9.17, 15) is 14.9 Å². The Morgan fingerprint density at radius 1 is 1.23 bits per heavy atom. The Bertz CT molecular complexity index is 1140. The molecular weight excluding hydrogens is 400 g/mol. The summed E-state index contributed by atoms with van der Waals surface area (Å²) in [6.45, 7) is 2.84. The van der Waals surface area contributed by atoms with Gasteiger partial charge in [-0.15, -0.1) is 0 Å². The highest BCUT2D eigenvalue weighted by molar-refractivity contribution is 5.94. The lowest BCUT2D eigenvalue weighted by Crippen LogP contribution is -2.37. The number of carbonyl (C=O) groups excluding carboxylic acids is 1. The van der Waals surface area contributed by atoms with Crippen molar-refractivity contribution in [3.05, 3.63) is 52.5 Å². The molecule has 1 fully saturated rings. The first kappa shape index (κ1) is 20.5. The molecule has 1 aliphatic heterocycles. The SMILES string of the molecule is COC(=O)C1CCN(c2ncnc(Nc3cccc4nc(C)ccc34)c2[N+](=O)[O-])CC1. The summed E-state index contributed by atoms with van der Waals surface area (Å²) in [5, 5.41) is 15.9. The number of aryl methyl sites for hydroxylation is 1. The Kier molecular flexibility index (Phi) is 5.61. The number of aromatic nitrogens is 3. The summed E-state index contributed by atoms with van der Waals surface area (Å²) in [7, 11) is 1.37. The Hall–Kier alpha value is -3.82. The topological polar surface area (TPSA) is 123 Å². The van der Waals surface area contributed by atoms with Crippen LogP contribution in [0.15, 0.2) is 36.7 Å². The van der Waals surface area contributed by atoms with Crippen molar-refractivity contribution in [3.63, 3.8) is 0 Å². The van der Waals surface area contributed by atoms with Gasteiger partial charge in [-0.1, -0.05) is 6.07 Å². The van der Waals surface area contributed by atoms with Gasteiger partial charge in [0.15, 0.2) is 0 Å². The molecule has 4 rings (SSSR count). The Morgan fingerprint density at radius 3 is 2.71 bits per heavy atom. The van der Waals surface area contributed by atoms with E-state index in [4.69, 9.17) is 4.74 Å². The van der Waals surface area contributed by atoms with Crippen molar-refractivity contribution in [1.29, 1.82) is 0 Å². The molecule has 0 unspecified atom stereocenters. The van der Waals surface area contributed by atoms with Gasteiger partial charge in [-0.3, -0.25) is 19.9 Å². The minimum Gasteiger partial charge on any atom is -0.469 e. The summed E-state index contributed by atoms with van der Waals surface area (Å²) in [5.74, 6) is -0.108. The number of methoxy groups -OCH3 is 1. The molecule has 0 atom stereocenters. The maximum atomic E-state index is 12.0. The first-order valence-electron chi connectivity index (χ1n) is 9.93. The molecule has 160 valence electrons. The van der Waals surface area contributed by atoms with Gasteiger partial charge in [-0.2, -0.15) is 0 Å². The smallest absolute Gasteiger partial charge is 0.353 e. The number of anilines is 3. The maximum Gasteiger partial charge on any atom is 0.353 e. The minimum absolute atomic E-state index is 0.109. The summed E-state index contributed by atoms with van der Waals surface area (Å²) in [6, 6.07) is 9.36. The van der Waals surface area contributed by atoms with Crippen molar-refractivity contribution in [2.75, 3.05) is 30.4 Å². The summed E-state index contributed by atoms with van der Waals surface area (Å²) < 4.78 is 4.81. The third-order valence-electron chi connectivity index (χ3n) is 5.44. The summed E-state index contributed by atoms with van der Waals surface area (Å²) in [5.41, 5.74) is 2.14. The number of nitrogens with one attached hydrogen (secondary N) is 1. The van der Waals surface area contributed by atoms with Crippen molar-refractivity contribution in [1.82, 2.24) is 15.0 Å². The summed E-state index contributed by atoms with van der Waals surface area (Å²) in [4.78, 5) is 37.9. The zero-order chi connectivity index (χ0) is 22.0. The number of fused-ring (bicyclic) bond motifs is 1. The third kappa shape index (κ3) is 4.09. The van der Waals surface area contributed by atoms with Crippen LogP contribution in [0.1, 0.15) is 18.5 Å². The first-order valence-corrected chi connectivity index (χ1v) is 9.93. The van der Waals surface area contributed by atoms with E-state index in [-0.39, 0.29) is 29.2 Å². The van der Waals surface area contributed by atoms with Crippen molar-refractivity contribution < 1.29 is 14.5 Å². The van der Waals surface area contributed by atoms with Crippen LogP contribution < -0.4 is 10.2 Å². The Labute approximate surface area is 178 Å². The molecule has 0 saturated carbocycles. The van der Waals surface area contributed by atoms with E-state index in [2.05, 4.69) is 20.3 Å². The van der Waals surface area contributed by atoms with Crippen LogP contribution >= 0.6 is 0 Å². The number of rotatable bonds is 5. The number of piperidine rings is 1. The molecule has 0 aliphatic carbocycles. The van der Waals surface area contributed by atoms with E-state index in [1.165, 1.54) is 13.4 Å². The van der Waals surface area contributed by atoms with Gasteiger partial charge < -0.3 is 15.0 Å². The van der Waals surface area contributed by atoms with Crippen molar-refractivity contribution in [3.8, 4) is 0 Å². The molecular formula is C21H22N6O4. The molecule has 3 aromatic rings. The molecule has 1 aromatic carbocycles. The molecule has 10 nitrogen and oxygen atoms in total. The lowest BCUT2D eigenvalue weighted by atomic mass is 9.97. The van der Waals surface area contributed by atoms with Crippen molar-refractivity contribution >= 4 is 39.9 Å². The van der Waals surface area contributed by atoms with E-state index in [1.54, 1.807) is 0 Å². The van der Waals surface area contributed by atoms with Crippen LogP contribution in [-0.2, 0) is 9.53 Å². The molecule has 0 radical (unpaired) electrons. The molecule has 0 bridgehead atoms. The molecule has 1 N–H and O–H groups in total. The fraction of sp³-hybridized carbons (Fsp3) is 0.333. The van der Waals surface area contributed by atoms with Crippen LogP contribution in [0.4, 0.5) is 23.0 Å². The van der Waals surface area contributed by atoms with Gasteiger partial charge in [0.2, 0.25) is 11.6 Å². The second kappa shape index (κ2) is 8.50. The van der Waals surface area contributed by atoms with Crippen LogP contribution in [0.2, 0.25) is 0 Å². The van der Waals surface area contributed by atoms with Crippen LogP contribution in [0, 0.1) is 23.0 Å². The van der Waals surface area contributed by atoms with Gasteiger partial charge in [0.25, 0.3) is 0 Å². The van der Waals surface area contributed by atoms with E-state index in [0.29, 0.717) is 31.6 Å². The summed E-state index contributed by atoms with van der Waals surface area (Å²) in [6.07, 6.45) is 2.40. The monoisotopic (exact) mass is 422 g/mol. The molecule has 3 heterocycles. The first-order chi connectivity index (χ1) is 15.0. The molecule has 1 aliphatic rings. The standard InChI is InChI=1S/C21H22N6O4/c1-13-6-7-15-16(24-13)4-3-5-17(15)25-19-18(27(29)30)20(23-12-22-19)26-10-8-14(9-11-26)21(28)31-2/h3-7,12,14H,8-11H2,1-2H3,(H,22,23,25). The molecule has 31 heavy (non-hydrogen) atoms. The summed E-state index contributed by atoms with van der Waals surface area (Å²) >= 11 is 0. The predicted molar refractivity (Wildman–Crippen MR) is 115 cm³/mol. The van der Waals surface area contributed by atoms with Crippen LogP contribution in [-0.4, -0.2) is 46.0 Å². The number of nitrogens with zero attached hydrogens (tertiary/aromatic N) is 5. The van der Waals surface area contributed by atoms with Gasteiger partial charge >= 0.3 is 11.7 Å². The van der Waals surface area contributed by atoms with E-state index < -0.39 is 4.92 Å². The van der Waals surface area contributed by atoms with Gasteiger partial charge in [-0.05, 0) is 44.0 Å². The molecule has 0 amide bonds. The number of hydrogen-bond donors (Lipinski definition) is 1. The van der Waals surface area contributed by atoms with Gasteiger partial charge in [-0.25, -0.2) is 9.97 Å². The highest BCUT2D eigenvalue weighted by Crippen LogP contribution is 2.36. The van der Waals surface area contributed by atoms with E-state index >= 15 is 0 Å². The van der Waals surface area contributed by atoms with Crippen molar-refractivity contribution in [2.45, 2.75) is 19.8 Å². The number of benzene rings is 1. The molecule has 1 saturated heterocycles. The zero-order valence-electron chi connectivity index (χ0n) is 17.2. The Morgan fingerprint density at radius 2 is 2.00 bits per heavy atom. The molecule has 10 heteroatoms. The molecule has 0 spiro atoms. The number of ether oxygens (including phenoxy) is 1. The largest absolute Gasteiger partial charge is 0.469 e. The maximum absolute atomic E-state index is 12.0. The second-order valence-electron chi connectivity index (χ2n) is 7.39. The van der Waals surface area contributed by atoms with Crippen LogP contribution in [0.5, 0.6) is 0 Å². The number of hydrogen-bond acceptors (Lipinski definition) is 9. The fourth-order valence-electron chi connectivity index (χ4n) is 3.85. The number of carbonyl (C=O) groups is 1. The number of esters is 1. The Balaban J connectivity index is 1.66. The van der Waals surface area contributed by atoms with Gasteiger partial charge in [0.05, 0.1) is 23.5 Å². The third-order valence-corrected chi connectivity index (χ3v) is 5.44. The number of pyridine rings is 1.